The van der Waals surface area contributed by atoms with Gasteiger partial charge in [-0.1, -0.05) is 29.3 Å². The highest BCUT2D eigenvalue weighted by atomic mass is 14.9. The van der Waals surface area contributed by atoms with E-state index < -0.39 is 0 Å². The lowest BCUT2D eigenvalue weighted by molar-refractivity contribution is 0.591. The van der Waals surface area contributed by atoms with E-state index in [0.29, 0.717) is 6.04 Å². The fourth-order valence-electron chi connectivity index (χ4n) is 2.40. The van der Waals surface area contributed by atoms with Gasteiger partial charge >= 0.3 is 0 Å². The lowest BCUT2D eigenvalue weighted by Crippen LogP contribution is -2.18. The Labute approximate surface area is 109 Å². The van der Waals surface area contributed by atoms with E-state index in [1.54, 1.807) is 0 Å². The Morgan fingerprint density at radius 1 is 1.06 bits per heavy atom. The minimum absolute atomic E-state index is 0.342. The van der Waals surface area contributed by atoms with Crippen LogP contribution in [0.5, 0.6) is 0 Å². The predicted molar refractivity (Wildman–Crippen MR) is 75.7 cm³/mol. The second-order valence-corrected chi connectivity index (χ2v) is 4.82. The molecule has 0 aliphatic carbocycles. The third-order valence-electron chi connectivity index (χ3n) is 3.18. The molecule has 1 unspecified atom stereocenters. The van der Waals surface area contributed by atoms with Crippen LogP contribution in [0.2, 0.25) is 0 Å². The number of aryl methyl sites for hydroxylation is 2. The first-order valence-corrected chi connectivity index (χ1v) is 6.33. The van der Waals surface area contributed by atoms with Crippen LogP contribution in [-0.4, -0.2) is 12.0 Å². The van der Waals surface area contributed by atoms with E-state index >= 15 is 0 Å². The molecule has 0 fully saturated rings. The third kappa shape index (κ3) is 3.17. The molecule has 0 amide bonds. The smallest absolute Gasteiger partial charge is 0.0359 e. The largest absolute Gasteiger partial charge is 0.313 e. The zero-order valence-corrected chi connectivity index (χ0v) is 11.3. The number of likely N-dealkylation sites (N-methyl/N-ethyl adjacent to an activating group) is 1. The van der Waals surface area contributed by atoms with Gasteiger partial charge in [-0.25, -0.2) is 0 Å². The highest BCUT2D eigenvalue weighted by Crippen LogP contribution is 2.19. The van der Waals surface area contributed by atoms with Gasteiger partial charge in [0, 0.05) is 18.4 Å². The first-order valence-electron chi connectivity index (χ1n) is 6.33. The van der Waals surface area contributed by atoms with Crippen LogP contribution in [0.15, 0.2) is 42.7 Å². The van der Waals surface area contributed by atoms with Crippen LogP contribution in [0, 0.1) is 13.8 Å². The molecule has 1 aromatic heterocycles. The normalized spacial score (nSPS) is 12.4. The van der Waals surface area contributed by atoms with Crippen molar-refractivity contribution >= 4 is 0 Å². The highest BCUT2D eigenvalue weighted by molar-refractivity contribution is 5.30. The van der Waals surface area contributed by atoms with E-state index in [9.17, 15) is 0 Å². The summed E-state index contributed by atoms with van der Waals surface area (Å²) >= 11 is 0. The average Bonchev–Trinajstić information content (AvgIpc) is 2.36. The Morgan fingerprint density at radius 3 is 2.22 bits per heavy atom. The molecule has 1 heterocycles. The molecule has 0 aliphatic rings. The minimum Gasteiger partial charge on any atom is -0.313 e. The maximum absolute atomic E-state index is 4.07. The Hall–Kier alpha value is -1.67. The Kier molecular flexibility index (Phi) is 4.11. The van der Waals surface area contributed by atoms with Gasteiger partial charge in [0.15, 0.2) is 0 Å². The van der Waals surface area contributed by atoms with Crippen LogP contribution in [0.4, 0.5) is 0 Å². The third-order valence-corrected chi connectivity index (χ3v) is 3.18. The van der Waals surface area contributed by atoms with Crippen molar-refractivity contribution in [1.82, 2.24) is 10.3 Å². The number of nitrogens with zero attached hydrogens (tertiary/aromatic N) is 1. The zero-order chi connectivity index (χ0) is 13.0. The van der Waals surface area contributed by atoms with Crippen LogP contribution in [-0.2, 0) is 6.42 Å². The van der Waals surface area contributed by atoms with Crippen molar-refractivity contribution in [2.24, 2.45) is 0 Å². The molecule has 2 heteroatoms. The number of nitrogens with one attached hydrogen (secondary N) is 1. The Morgan fingerprint density at radius 2 is 1.67 bits per heavy atom. The number of hydrogen-bond donors (Lipinski definition) is 1. The standard InChI is InChI=1S/C16H20N2/c1-12-8-13(2)10-14(9-12)11-16(17-3)15-4-6-18-7-5-15/h4-10,16-17H,11H2,1-3H3. The summed E-state index contributed by atoms with van der Waals surface area (Å²) in [6, 6.07) is 11.2. The number of benzene rings is 1. The van der Waals surface area contributed by atoms with Crippen LogP contribution in [0.25, 0.3) is 0 Å². The van der Waals surface area contributed by atoms with Crippen molar-refractivity contribution in [1.29, 1.82) is 0 Å². The number of pyridine rings is 1. The van der Waals surface area contributed by atoms with Gasteiger partial charge in [0.2, 0.25) is 0 Å². The molecule has 0 bridgehead atoms. The van der Waals surface area contributed by atoms with Crippen LogP contribution in [0.1, 0.15) is 28.3 Å². The Bertz CT molecular complexity index is 486. The summed E-state index contributed by atoms with van der Waals surface area (Å²) in [7, 11) is 2.01. The molecular weight excluding hydrogens is 220 g/mol. The summed E-state index contributed by atoms with van der Waals surface area (Å²) in [5.41, 5.74) is 5.32. The van der Waals surface area contributed by atoms with Gasteiger partial charge in [-0.2, -0.15) is 0 Å². The van der Waals surface area contributed by atoms with Crippen LogP contribution in [0.3, 0.4) is 0 Å². The molecule has 1 atom stereocenters. The van der Waals surface area contributed by atoms with Crippen LogP contribution >= 0.6 is 0 Å². The van der Waals surface area contributed by atoms with Gasteiger partial charge in [0.25, 0.3) is 0 Å². The van der Waals surface area contributed by atoms with Gasteiger partial charge in [-0.3, -0.25) is 4.98 Å². The molecule has 0 aliphatic heterocycles. The zero-order valence-electron chi connectivity index (χ0n) is 11.3. The number of rotatable bonds is 4. The molecule has 2 aromatic rings. The van der Waals surface area contributed by atoms with Gasteiger partial charge < -0.3 is 5.32 Å². The molecule has 0 radical (unpaired) electrons. The molecule has 0 spiro atoms. The van der Waals surface area contributed by atoms with Crippen molar-refractivity contribution < 1.29 is 0 Å². The van der Waals surface area contributed by atoms with Crippen molar-refractivity contribution in [3.63, 3.8) is 0 Å². The summed E-state index contributed by atoms with van der Waals surface area (Å²) < 4.78 is 0. The van der Waals surface area contributed by atoms with Crippen molar-refractivity contribution in [3.8, 4) is 0 Å². The maximum atomic E-state index is 4.07. The second kappa shape index (κ2) is 5.78. The first kappa shape index (κ1) is 12.8. The van der Waals surface area contributed by atoms with E-state index in [1.807, 2.05) is 19.4 Å². The fraction of sp³-hybridized carbons (Fsp3) is 0.312. The van der Waals surface area contributed by atoms with Crippen molar-refractivity contribution in [2.75, 3.05) is 7.05 Å². The van der Waals surface area contributed by atoms with E-state index in [2.05, 4.69) is 54.5 Å². The molecule has 1 aromatic carbocycles. The maximum Gasteiger partial charge on any atom is 0.0359 e. The van der Waals surface area contributed by atoms with Gasteiger partial charge in [-0.05, 0) is 50.6 Å². The SMILES string of the molecule is CNC(Cc1cc(C)cc(C)c1)c1ccncc1. The van der Waals surface area contributed by atoms with E-state index in [4.69, 9.17) is 0 Å². The molecular formula is C16H20N2. The molecule has 0 saturated carbocycles. The fourth-order valence-corrected chi connectivity index (χ4v) is 2.40. The molecule has 2 rings (SSSR count). The molecule has 0 saturated heterocycles. The lowest BCUT2D eigenvalue weighted by atomic mass is 9.97. The van der Waals surface area contributed by atoms with Gasteiger partial charge in [-0.15, -0.1) is 0 Å². The topological polar surface area (TPSA) is 24.9 Å². The van der Waals surface area contributed by atoms with E-state index in [0.717, 1.165) is 6.42 Å². The van der Waals surface area contributed by atoms with E-state index in [1.165, 1.54) is 22.3 Å². The minimum atomic E-state index is 0.342. The summed E-state index contributed by atoms with van der Waals surface area (Å²) in [5.74, 6) is 0. The molecule has 94 valence electrons. The van der Waals surface area contributed by atoms with E-state index in [-0.39, 0.29) is 0 Å². The summed E-state index contributed by atoms with van der Waals surface area (Å²) in [6.45, 7) is 4.30. The molecule has 2 nitrogen and oxygen atoms in total. The predicted octanol–water partition coefficient (Wildman–Crippen LogP) is 3.20. The lowest BCUT2D eigenvalue weighted by Gasteiger charge is -2.17. The quantitative estimate of drug-likeness (QED) is 0.887. The molecule has 18 heavy (non-hydrogen) atoms. The van der Waals surface area contributed by atoms with Crippen molar-refractivity contribution in [3.05, 3.63) is 65.0 Å². The summed E-state index contributed by atoms with van der Waals surface area (Å²) in [5, 5.41) is 3.38. The molecule has 1 N–H and O–H groups in total. The second-order valence-electron chi connectivity index (χ2n) is 4.82. The first-order chi connectivity index (χ1) is 8.69. The number of aromatic nitrogens is 1. The number of hydrogen-bond acceptors (Lipinski definition) is 2. The average molecular weight is 240 g/mol. The monoisotopic (exact) mass is 240 g/mol. The van der Waals surface area contributed by atoms with Crippen LogP contribution < -0.4 is 5.32 Å². The summed E-state index contributed by atoms with van der Waals surface area (Å²) in [4.78, 5) is 4.07. The van der Waals surface area contributed by atoms with Crippen molar-refractivity contribution in [2.45, 2.75) is 26.3 Å². The summed E-state index contributed by atoms with van der Waals surface area (Å²) in [6.07, 6.45) is 4.70. The Balaban J connectivity index is 2.20. The van der Waals surface area contributed by atoms with Gasteiger partial charge in [0.1, 0.15) is 0 Å². The highest BCUT2D eigenvalue weighted by Gasteiger charge is 2.10. The van der Waals surface area contributed by atoms with Gasteiger partial charge in [0.05, 0.1) is 0 Å².